The van der Waals surface area contributed by atoms with E-state index in [-0.39, 0.29) is 17.4 Å². The second kappa shape index (κ2) is 5.15. The average Bonchev–Trinajstić information content (AvgIpc) is 2.57. The van der Waals surface area contributed by atoms with E-state index in [1.165, 1.54) is 0 Å². The maximum atomic E-state index is 11.0. The standard InChI is InChI=1S/C12H23NO3/c1-9-7-13(8-10(9)11(14)15)6-5-12(2,3)16-4/h9-10H,5-8H2,1-4H3,(H,14,15)/t9-,10-/m1/s1. The van der Waals surface area contributed by atoms with Crippen LogP contribution < -0.4 is 0 Å². The van der Waals surface area contributed by atoms with Crippen LogP contribution in [0, 0.1) is 11.8 Å². The van der Waals surface area contributed by atoms with Crippen molar-refractivity contribution in [3.8, 4) is 0 Å². The van der Waals surface area contributed by atoms with Crippen LogP contribution in [-0.4, -0.2) is 48.3 Å². The topological polar surface area (TPSA) is 49.8 Å². The first-order valence-electron chi connectivity index (χ1n) is 5.86. The number of carbonyl (C=O) groups is 1. The fourth-order valence-electron chi connectivity index (χ4n) is 2.10. The van der Waals surface area contributed by atoms with E-state index in [1.54, 1.807) is 7.11 Å². The van der Waals surface area contributed by atoms with Gasteiger partial charge in [0.1, 0.15) is 0 Å². The first-order valence-corrected chi connectivity index (χ1v) is 5.86. The molecule has 1 fully saturated rings. The first-order chi connectivity index (χ1) is 7.35. The van der Waals surface area contributed by atoms with Gasteiger partial charge < -0.3 is 14.7 Å². The number of carboxylic acids is 1. The third-order valence-corrected chi connectivity index (χ3v) is 3.59. The number of nitrogens with zero attached hydrogens (tertiary/aromatic N) is 1. The van der Waals surface area contributed by atoms with Gasteiger partial charge in [-0.3, -0.25) is 4.79 Å². The highest BCUT2D eigenvalue weighted by atomic mass is 16.5. The van der Waals surface area contributed by atoms with Crippen molar-refractivity contribution in [2.75, 3.05) is 26.7 Å². The van der Waals surface area contributed by atoms with Crippen LogP contribution in [0.25, 0.3) is 0 Å². The molecule has 0 aromatic carbocycles. The fourth-order valence-corrected chi connectivity index (χ4v) is 2.10. The van der Waals surface area contributed by atoms with Crippen LogP contribution in [0.15, 0.2) is 0 Å². The van der Waals surface area contributed by atoms with Gasteiger partial charge in [-0.2, -0.15) is 0 Å². The molecule has 0 unspecified atom stereocenters. The van der Waals surface area contributed by atoms with Gasteiger partial charge in [-0.1, -0.05) is 6.92 Å². The Morgan fingerprint density at radius 2 is 2.12 bits per heavy atom. The van der Waals surface area contributed by atoms with E-state index in [0.717, 1.165) is 19.5 Å². The Bertz CT molecular complexity index is 253. The molecule has 2 atom stereocenters. The molecular weight excluding hydrogens is 206 g/mol. The lowest BCUT2D eigenvalue weighted by Crippen LogP contribution is -2.31. The third-order valence-electron chi connectivity index (χ3n) is 3.59. The molecule has 1 heterocycles. The van der Waals surface area contributed by atoms with Crippen molar-refractivity contribution in [2.24, 2.45) is 11.8 Å². The summed E-state index contributed by atoms with van der Waals surface area (Å²) in [5, 5.41) is 9.02. The zero-order valence-corrected chi connectivity index (χ0v) is 10.7. The highest BCUT2D eigenvalue weighted by molar-refractivity contribution is 5.71. The van der Waals surface area contributed by atoms with E-state index in [0.29, 0.717) is 6.54 Å². The number of ether oxygens (including phenoxy) is 1. The molecule has 0 aromatic heterocycles. The quantitative estimate of drug-likeness (QED) is 0.775. The zero-order valence-electron chi connectivity index (χ0n) is 10.7. The molecule has 0 amide bonds. The van der Waals surface area contributed by atoms with Gasteiger partial charge in [0.05, 0.1) is 11.5 Å². The Kier molecular flexibility index (Phi) is 4.33. The van der Waals surface area contributed by atoms with Crippen LogP contribution in [0.1, 0.15) is 27.2 Å². The molecule has 0 aromatic rings. The molecule has 0 radical (unpaired) electrons. The van der Waals surface area contributed by atoms with Gasteiger partial charge in [0, 0.05) is 26.7 Å². The largest absolute Gasteiger partial charge is 0.481 e. The van der Waals surface area contributed by atoms with Crippen molar-refractivity contribution in [3.63, 3.8) is 0 Å². The van der Waals surface area contributed by atoms with Gasteiger partial charge in [0.15, 0.2) is 0 Å². The van der Waals surface area contributed by atoms with Crippen molar-refractivity contribution < 1.29 is 14.6 Å². The van der Waals surface area contributed by atoms with Crippen LogP contribution in [0.4, 0.5) is 0 Å². The summed E-state index contributed by atoms with van der Waals surface area (Å²) in [6.07, 6.45) is 0.933. The lowest BCUT2D eigenvalue weighted by molar-refractivity contribution is -0.142. The van der Waals surface area contributed by atoms with E-state index in [2.05, 4.69) is 18.7 Å². The van der Waals surface area contributed by atoms with Crippen molar-refractivity contribution in [1.82, 2.24) is 4.90 Å². The number of methoxy groups -OCH3 is 1. The molecule has 0 spiro atoms. The minimum Gasteiger partial charge on any atom is -0.481 e. The van der Waals surface area contributed by atoms with E-state index in [4.69, 9.17) is 9.84 Å². The summed E-state index contributed by atoms with van der Waals surface area (Å²) in [6.45, 7) is 8.60. The van der Waals surface area contributed by atoms with Crippen molar-refractivity contribution >= 4 is 5.97 Å². The smallest absolute Gasteiger partial charge is 0.308 e. The van der Waals surface area contributed by atoms with Gasteiger partial charge in [0.2, 0.25) is 0 Å². The number of likely N-dealkylation sites (tertiary alicyclic amines) is 1. The summed E-state index contributed by atoms with van der Waals surface area (Å²) in [6, 6.07) is 0. The second-order valence-corrected chi connectivity index (χ2v) is 5.40. The van der Waals surface area contributed by atoms with Crippen LogP contribution in [-0.2, 0) is 9.53 Å². The number of hydrogen-bond donors (Lipinski definition) is 1. The molecule has 0 aliphatic carbocycles. The molecule has 0 bridgehead atoms. The second-order valence-electron chi connectivity index (χ2n) is 5.40. The van der Waals surface area contributed by atoms with Crippen LogP contribution in [0.5, 0.6) is 0 Å². The number of carboxylic acid groups (broad SMARTS) is 1. The highest BCUT2D eigenvalue weighted by Gasteiger charge is 2.34. The molecule has 1 aliphatic rings. The summed E-state index contributed by atoms with van der Waals surface area (Å²) < 4.78 is 5.36. The maximum Gasteiger partial charge on any atom is 0.308 e. The Morgan fingerprint density at radius 3 is 2.56 bits per heavy atom. The highest BCUT2D eigenvalue weighted by Crippen LogP contribution is 2.24. The summed E-state index contributed by atoms with van der Waals surface area (Å²) >= 11 is 0. The van der Waals surface area contributed by atoms with Crippen molar-refractivity contribution in [1.29, 1.82) is 0 Å². The summed E-state index contributed by atoms with van der Waals surface area (Å²) in [4.78, 5) is 13.2. The Labute approximate surface area is 97.6 Å². The first kappa shape index (κ1) is 13.5. The summed E-state index contributed by atoms with van der Waals surface area (Å²) in [5.41, 5.74) is -0.120. The molecule has 4 heteroatoms. The molecule has 16 heavy (non-hydrogen) atoms. The number of hydrogen-bond acceptors (Lipinski definition) is 3. The van der Waals surface area contributed by atoms with Crippen LogP contribution >= 0.6 is 0 Å². The predicted octanol–water partition coefficient (Wildman–Crippen LogP) is 1.45. The summed E-state index contributed by atoms with van der Waals surface area (Å²) in [5.74, 6) is -0.616. The Hall–Kier alpha value is -0.610. The van der Waals surface area contributed by atoms with E-state index < -0.39 is 5.97 Å². The molecule has 1 rings (SSSR count). The van der Waals surface area contributed by atoms with Gasteiger partial charge in [-0.05, 0) is 26.2 Å². The maximum absolute atomic E-state index is 11.0. The molecular formula is C12H23NO3. The molecule has 94 valence electrons. The van der Waals surface area contributed by atoms with Crippen LogP contribution in [0.3, 0.4) is 0 Å². The van der Waals surface area contributed by atoms with E-state index >= 15 is 0 Å². The molecule has 1 aliphatic heterocycles. The average molecular weight is 229 g/mol. The SMILES string of the molecule is COC(C)(C)CCN1C[C@@H](C)[C@H](C(=O)O)C1. The van der Waals surface area contributed by atoms with Gasteiger partial charge in [-0.15, -0.1) is 0 Å². The Morgan fingerprint density at radius 1 is 1.50 bits per heavy atom. The fraction of sp³-hybridized carbons (Fsp3) is 0.917. The summed E-state index contributed by atoms with van der Waals surface area (Å²) in [7, 11) is 1.71. The number of aliphatic carboxylic acids is 1. The molecule has 1 saturated heterocycles. The van der Waals surface area contributed by atoms with Crippen LogP contribution in [0.2, 0.25) is 0 Å². The Balaban J connectivity index is 2.39. The van der Waals surface area contributed by atoms with Gasteiger partial charge >= 0.3 is 5.97 Å². The molecule has 1 N–H and O–H groups in total. The predicted molar refractivity (Wildman–Crippen MR) is 62.4 cm³/mol. The minimum absolute atomic E-state index is 0.120. The molecule has 4 nitrogen and oxygen atoms in total. The third kappa shape index (κ3) is 3.46. The lowest BCUT2D eigenvalue weighted by Gasteiger charge is -2.26. The molecule has 0 saturated carbocycles. The van der Waals surface area contributed by atoms with Crippen molar-refractivity contribution in [2.45, 2.75) is 32.8 Å². The minimum atomic E-state index is -0.666. The zero-order chi connectivity index (χ0) is 12.3. The monoisotopic (exact) mass is 229 g/mol. The van der Waals surface area contributed by atoms with E-state index in [1.807, 2.05) is 6.92 Å². The van der Waals surface area contributed by atoms with Gasteiger partial charge in [-0.25, -0.2) is 0 Å². The van der Waals surface area contributed by atoms with E-state index in [9.17, 15) is 4.79 Å². The number of rotatable bonds is 5. The van der Waals surface area contributed by atoms with Crippen molar-refractivity contribution in [3.05, 3.63) is 0 Å². The lowest BCUT2D eigenvalue weighted by atomic mass is 9.99. The van der Waals surface area contributed by atoms with Gasteiger partial charge in [0.25, 0.3) is 0 Å². The normalized spacial score (nSPS) is 27.2.